The average molecular weight is 258 g/mol. The summed E-state index contributed by atoms with van der Waals surface area (Å²) >= 11 is 3.31. The number of hydrogen-bond acceptors (Lipinski definition) is 0. The van der Waals surface area contributed by atoms with Crippen molar-refractivity contribution in [2.75, 3.05) is 5.33 Å². The molecule has 0 amide bonds. The third-order valence-corrected chi connectivity index (χ3v) is 1.05. The molecule has 2 heteroatoms. The summed E-state index contributed by atoms with van der Waals surface area (Å²) < 4.78 is 0. The SMILES string of the molecule is CCCCBr.[SnH2]. The fraction of sp³-hybridized carbons (Fsp3) is 1.00. The fourth-order valence-electron chi connectivity index (χ4n) is 0.134. The van der Waals surface area contributed by atoms with Crippen LogP contribution < -0.4 is 0 Å². The van der Waals surface area contributed by atoms with E-state index in [0.717, 1.165) is 5.33 Å². The van der Waals surface area contributed by atoms with Gasteiger partial charge in [-0.05, 0) is 6.42 Å². The molecule has 0 heterocycles. The molecule has 0 saturated heterocycles. The zero-order valence-corrected chi connectivity index (χ0v) is 9.83. The van der Waals surface area contributed by atoms with Gasteiger partial charge in [0.2, 0.25) is 0 Å². The van der Waals surface area contributed by atoms with E-state index in [4.69, 9.17) is 0 Å². The Morgan fingerprint density at radius 2 is 2.00 bits per heavy atom. The molecular weight excluding hydrogens is 247 g/mol. The van der Waals surface area contributed by atoms with Gasteiger partial charge in [-0.1, -0.05) is 29.3 Å². The van der Waals surface area contributed by atoms with Gasteiger partial charge in [-0.25, -0.2) is 0 Å². The van der Waals surface area contributed by atoms with E-state index in [1.807, 2.05) is 0 Å². The van der Waals surface area contributed by atoms with Crippen LogP contribution in [0.3, 0.4) is 0 Å². The fourth-order valence-corrected chi connectivity index (χ4v) is 0.694. The van der Waals surface area contributed by atoms with E-state index in [1.54, 1.807) is 0 Å². The average Bonchev–Trinajstić information content (AvgIpc) is 1.41. The summed E-state index contributed by atoms with van der Waals surface area (Å²) in [6.45, 7) is 2.18. The molecule has 6 heavy (non-hydrogen) atoms. The van der Waals surface area contributed by atoms with Gasteiger partial charge in [-0.15, -0.1) is 0 Å². The molecule has 0 atom stereocenters. The number of halogens is 1. The van der Waals surface area contributed by atoms with Crippen LogP contribution in [0.1, 0.15) is 19.8 Å². The van der Waals surface area contributed by atoms with Crippen LogP contribution >= 0.6 is 15.9 Å². The summed E-state index contributed by atoms with van der Waals surface area (Å²) in [6, 6.07) is 0. The molecule has 2 radical (unpaired) electrons. The van der Waals surface area contributed by atoms with E-state index in [1.165, 1.54) is 12.8 Å². The summed E-state index contributed by atoms with van der Waals surface area (Å²) in [5.41, 5.74) is 0. The molecule has 0 nitrogen and oxygen atoms in total. The van der Waals surface area contributed by atoms with Crippen LogP contribution in [0.4, 0.5) is 0 Å². The van der Waals surface area contributed by atoms with E-state index in [2.05, 4.69) is 22.9 Å². The third-order valence-electron chi connectivity index (χ3n) is 0.487. The molecule has 0 spiro atoms. The van der Waals surface area contributed by atoms with E-state index in [0.29, 0.717) is 0 Å². The molecule has 0 aliphatic heterocycles. The Bertz CT molecular complexity index is 15.0. The predicted molar refractivity (Wildman–Crippen MR) is 37.2 cm³/mol. The van der Waals surface area contributed by atoms with Crippen molar-refractivity contribution < 1.29 is 0 Å². The van der Waals surface area contributed by atoms with Crippen LogP contribution in [0, 0.1) is 0 Å². The number of rotatable bonds is 2. The van der Waals surface area contributed by atoms with E-state index in [9.17, 15) is 0 Å². The van der Waals surface area contributed by atoms with Crippen molar-refractivity contribution in [3.63, 3.8) is 0 Å². The minimum absolute atomic E-state index is 0. The normalized spacial score (nSPS) is 7.00. The number of hydrogen-bond donors (Lipinski definition) is 0. The first-order valence-electron chi connectivity index (χ1n) is 1.97. The van der Waals surface area contributed by atoms with E-state index < -0.39 is 0 Å². The van der Waals surface area contributed by atoms with Crippen molar-refractivity contribution >= 4 is 39.8 Å². The molecule has 0 saturated carbocycles. The van der Waals surface area contributed by atoms with Crippen LogP contribution in [0.2, 0.25) is 0 Å². The molecule has 0 N–H and O–H groups in total. The van der Waals surface area contributed by atoms with Gasteiger partial charge in [-0.3, -0.25) is 0 Å². The molecule has 0 aromatic heterocycles. The summed E-state index contributed by atoms with van der Waals surface area (Å²) in [7, 11) is 0. The second-order valence-electron chi connectivity index (χ2n) is 1.04. The monoisotopic (exact) mass is 258 g/mol. The topological polar surface area (TPSA) is 0 Å². The zero-order chi connectivity index (χ0) is 4.12. The van der Waals surface area contributed by atoms with Crippen LogP contribution in [0.25, 0.3) is 0 Å². The summed E-state index contributed by atoms with van der Waals surface area (Å²) in [6.07, 6.45) is 2.60. The number of unbranched alkanes of at least 4 members (excludes halogenated alkanes) is 1. The first kappa shape index (κ1) is 10.3. The van der Waals surface area contributed by atoms with Crippen molar-refractivity contribution in [3.8, 4) is 0 Å². The van der Waals surface area contributed by atoms with E-state index in [-0.39, 0.29) is 23.9 Å². The van der Waals surface area contributed by atoms with Gasteiger partial charge in [0, 0.05) is 5.33 Å². The van der Waals surface area contributed by atoms with Crippen molar-refractivity contribution in [2.45, 2.75) is 19.8 Å². The van der Waals surface area contributed by atoms with Crippen molar-refractivity contribution in [1.82, 2.24) is 0 Å². The molecule has 0 fully saturated rings. The molecule has 0 unspecified atom stereocenters. The first-order chi connectivity index (χ1) is 2.41. The van der Waals surface area contributed by atoms with Gasteiger partial charge in [0.1, 0.15) is 0 Å². The maximum atomic E-state index is 3.31. The second-order valence-corrected chi connectivity index (χ2v) is 1.84. The Morgan fingerprint density at radius 3 is 2.00 bits per heavy atom. The maximum absolute atomic E-state index is 3.31. The Labute approximate surface area is 64.8 Å². The molecule has 0 aliphatic carbocycles. The van der Waals surface area contributed by atoms with Crippen molar-refractivity contribution in [1.29, 1.82) is 0 Å². The van der Waals surface area contributed by atoms with Crippen LogP contribution in [-0.4, -0.2) is 29.2 Å². The van der Waals surface area contributed by atoms with Gasteiger partial charge in [0.05, 0.1) is 0 Å². The Morgan fingerprint density at radius 1 is 1.50 bits per heavy atom. The van der Waals surface area contributed by atoms with Gasteiger partial charge in [0.15, 0.2) is 0 Å². The quantitative estimate of drug-likeness (QED) is 0.516. The third kappa shape index (κ3) is 8.99. The Hall–Kier alpha value is 1.28. The summed E-state index contributed by atoms with van der Waals surface area (Å²) in [5, 5.41) is 1.16. The van der Waals surface area contributed by atoms with Crippen molar-refractivity contribution in [3.05, 3.63) is 0 Å². The molecule has 0 bridgehead atoms. The molecule has 0 rings (SSSR count). The molecular formula is C4H11BrSn. The minimum atomic E-state index is 0. The van der Waals surface area contributed by atoms with Gasteiger partial charge >= 0.3 is 23.9 Å². The Kier molecular flexibility index (Phi) is 16.4. The zero-order valence-electron chi connectivity index (χ0n) is 4.21. The predicted octanol–water partition coefficient (Wildman–Crippen LogP) is 1.27. The first-order valence-corrected chi connectivity index (χ1v) is 3.10. The molecule has 0 aromatic rings. The van der Waals surface area contributed by atoms with Crippen LogP contribution in [0.5, 0.6) is 0 Å². The number of alkyl halides is 1. The summed E-state index contributed by atoms with van der Waals surface area (Å²) in [5.74, 6) is 0. The molecule has 38 valence electrons. The molecule has 0 aromatic carbocycles. The van der Waals surface area contributed by atoms with Crippen molar-refractivity contribution in [2.24, 2.45) is 0 Å². The van der Waals surface area contributed by atoms with Gasteiger partial charge in [-0.2, -0.15) is 0 Å². The van der Waals surface area contributed by atoms with Crippen LogP contribution in [-0.2, 0) is 0 Å². The van der Waals surface area contributed by atoms with Gasteiger partial charge in [0.25, 0.3) is 0 Å². The van der Waals surface area contributed by atoms with E-state index >= 15 is 0 Å². The van der Waals surface area contributed by atoms with Crippen LogP contribution in [0.15, 0.2) is 0 Å². The van der Waals surface area contributed by atoms with Gasteiger partial charge < -0.3 is 0 Å². The summed E-state index contributed by atoms with van der Waals surface area (Å²) in [4.78, 5) is 0. The molecule has 0 aliphatic rings. The second kappa shape index (κ2) is 9.56. The standard InChI is InChI=1S/C4H9Br.Sn.2H/c1-2-3-4-5;;;/h2-4H2,1H3;;;. The Balaban J connectivity index is 0.